The lowest BCUT2D eigenvalue weighted by Gasteiger charge is -2.32. The standard InChI is InChI=1S/C26H33N3O3S/c1-19-16-22-17-24(10-11-25(22)29(19)26(30)21-8-5-9-21)33(31,32)27-23-12-14-28(15-13-23)18-20-6-3-2-4-7-20/h2-4,6-7,10-11,17,19,21,23,27H,5,8-9,12-16,18H2,1H3/t19-/m0/s1. The van der Waals surface area contributed by atoms with Crippen LogP contribution in [0, 0.1) is 5.92 Å². The summed E-state index contributed by atoms with van der Waals surface area (Å²) in [6.45, 7) is 4.70. The van der Waals surface area contributed by atoms with Crippen LogP contribution in [0.3, 0.4) is 0 Å². The van der Waals surface area contributed by atoms with Gasteiger partial charge in [0.05, 0.1) is 4.90 Å². The van der Waals surface area contributed by atoms with Crippen molar-refractivity contribution < 1.29 is 13.2 Å². The highest BCUT2D eigenvalue weighted by Crippen LogP contribution is 2.38. The molecule has 0 aromatic heterocycles. The molecule has 2 aromatic rings. The number of piperidine rings is 1. The fraction of sp³-hybridized carbons (Fsp3) is 0.500. The number of benzene rings is 2. The molecule has 1 atom stereocenters. The van der Waals surface area contributed by atoms with Crippen LogP contribution in [-0.4, -0.2) is 44.4 Å². The molecular weight excluding hydrogens is 434 g/mol. The van der Waals surface area contributed by atoms with E-state index in [9.17, 15) is 13.2 Å². The lowest BCUT2D eigenvalue weighted by molar-refractivity contribution is -0.125. The fourth-order valence-electron chi connectivity index (χ4n) is 5.30. The normalized spacial score (nSPS) is 22.2. The summed E-state index contributed by atoms with van der Waals surface area (Å²) in [7, 11) is -3.59. The van der Waals surface area contributed by atoms with E-state index >= 15 is 0 Å². The van der Waals surface area contributed by atoms with Crippen LogP contribution in [0.2, 0.25) is 0 Å². The van der Waals surface area contributed by atoms with Gasteiger partial charge in [0.15, 0.2) is 0 Å². The number of nitrogens with one attached hydrogen (secondary N) is 1. The van der Waals surface area contributed by atoms with Gasteiger partial charge < -0.3 is 4.90 Å². The van der Waals surface area contributed by atoms with Crippen molar-refractivity contribution in [3.63, 3.8) is 0 Å². The van der Waals surface area contributed by atoms with E-state index in [1.54, 1.807) is 12.1 Å². The van der Waals surface area contributed by atoms with Gasteiger partial charge >= 0.3 is 0 Å². The van der Waals surface area contributed by atoms with Crippen molar-refractivity contribution in [1.82, 2.24) is 9.62 Å². The van der Waals surface area contributed by atoms with Crippen LogP contribution in [0.25, 0.3) is 0 Å². The summed E-state index contributed by atoms with van der Waals surface area (Å²) in [5.41, 5.74) is 3.12. The number of likely N-dealkylation sites (tertiary alicyclic amines) is 1. The summed E-state index contributed by atoms with van der Waals surface area (Å²) in [4.78, 5) is 17.5. The Bertz CT molecular complexity index is 1110. The summed E-state index contributed by atoms with van der Waals surface area (Å²) in [6, 6.07) is 15.7. The molecule has 0 radical (unpaired) electrons. The molecule has 7 heteroatoms. The van der Waals surface area contributed by atoms with Gasteiger partial charge in [-0.1, -0.05) is 36.8 Å². The minimum Gasteiger partial charge on any atom is -0.309 e. The first-order valence-electron chi connectivity index (χ1n) is 12.2. The van der Waals surface area contributed by atoms with E-state index < -0.39 is 10.0 Å². The molecule has 0 unspecified atom stereocenters. The SMILES string of the molecule is C[C@H]1Cc2cc(S(=O)(=O)NC3CCN(Cc4ccccc4)CC3)ccc2N1C(=O)C1CCC1. The van der Waals surface area contributed by atoms with Gasteiger partial charge in [0.2, 0.25) is 15.9 Å². The third-order valence-corrected chi connectivity index (χ3v) is 8.95. The second kappa shape index (κ2) is 9.20. The maximum absolute atomic E-state index is 13.1. The van der Waals surface area contributed by atoms with E-state index in [-0.39, 0.29) is 23.9 Å². The molecule has 0 spiro atoms. The third kappa shape index (κ3) is 4.72. The van der Waals surface area contributed by atoms with Gasteiger partial charge in [-0.2, -0.15) is 0 Å². The first kappa shape index (κ1) is 22.6. The molecule has 1 N–H and O–H groups in total. The Labute approximate surface area is 197 Å². The number of sulfonamides is 1. The Balaban J connectivity index is 1.22. The highest BCUT2D eigenvalue weighted by Gasteiger charge is 2.37. The first-order valence-corrected chi connectivity index (χ1v) is 13.6. The van der Waals surface area contributed by atoms with Gasteiger partial charge in [0, 0.05) is 43.3 Å². The van der Waals surface area contributed by atoms with Crippen LogP contribution in [-0.2, 0) is 27.8 Å². The van der Waals surface area contributed by atoms with Crippen molar-refractivity contribution in [2.24, 2.45) is 5.92 Å². The van der Waals surface area contributed by atoms with Crippen molar-refractivity contribution >= 4 is 21.6 Å². The number of fused-ring (bicyclic) bond motifs is 1. The van der Waals surface area contributed by atoms with E-state index in [1.807, 2.05) is 24.0 Å². The molecule has 1 saturated carbocycles. The number of hydrogen-bond acceptors (Lipinski definition) is 4. The third-order valence-electron chi connectivity index (χ3n) is 7.43. The Morgan fingerprint density at radius 1 is 1.03 bits per heavy atom. The number of carbonyl (C=O) groups excluding carboxylic acids is 1. The van der Waals surface area contributed by atoms with E-state index in [2.05, 4.69) is 33.9 Å². The van der Waals surface area contributed by atoms with Crippen molar-refractivity contribution in [2.45, 2.75) is 69.0 Å². The van der Waals surface area contributed by atoms with Crippen LogP contribution in [0.4, 0.5) is 5.69 Å². The topological polar surface area (TPSA) is 69.7 Å². The molecule has 3 aliphatic rings. The molecular formula is C26H33N3O3S. The van der Waals surface area contributed by atoms with E-state index in [0.29, 0.717) is 11.3 Å². The predicted octanol–water partition coefficient (Wildman–Crippen LogP) is 3.71. The molecule has 2 heterocycles. The zero-order valence-electron chi connectivity index (χ0n) is 19.2. The van der Waals surface area contributed by atoms with Gasteiger partial charge in [0.25, 0.3) is 0 Å². The van der Waals surface area contributed by atoms with Crippen LogP contribution < -0.4 is 9.62 Å². The molecule has 6 nitrogen and oxygen atoms in total. The van der Waals surface area contributed by atoms with Gasteiger partial charge in [-0.25, -0.2) is 13.1 Å². The minimum atomic E-state index is -3.59. The summed E-state index contributed by atoms with van der Waals surface area (Å²) in [5.74, 6) is 0.333. The zero-order valence-corrected chi connectivity index (χ0v) is 20.1. The van der Waals surface area contributed by atoms with Gasteiger partial charge in [-0.05, 0) is 68.4 Å². The van der Waals surface area contributed by atoms with E-state index in [1.165, 1.54) is 5.56 Å². The van der Waals surface area contributed by atoms with Crippen molar-refractivity contribution in [2.75, 3.05) is 18.0 Å². The number of nitrogens with zero attached hydrogens (tertiary/aromatic N) is 2. The molecule has 33 heavy (non-hydrogen) atoms. The second-order valence-corrected chi connectivity index (χ2v) is 11.6. The molecule has 5 rings (SSSR count). The highest BCUT2D eigenvalue weighted by atomic mass is 32.2. The fourth-order valence-corrected chi connectivity index (χ4v) is 6.66. The molecule has 1 saturated heterocycles. The minimum absolute atomic E-state index is 0.0501. The molecule has 2 aromatic carbocycles. The van der Waals surface area contributed by atoms with Crippen molar-refractivity contribution in [3.8, 4) is 0 Å². The van der Waals surface area contributed by atoms with Crippen molar-refractivity contribution in [3.05, 3.63) is 59.7 Å². The number of amides is 1. The van der Waals surface area contributed by atoms with Gasteiger partial charge in [-0.3, -0.25) is 9.69 Å². The van der Waals surface area contributed by atoms with E-state index in [4.69, 9.17) is 0 Å². The molecule has 0 bridgehead atoms. The summed E-state index contributed by atoms with van der Waals surface area (Å²) in [6.07, 6.45) is 5.37. The number of hydrogen-bond donors (Lipinski definition) is 1. The Hall–Kier alpha value is -2.22. The summed E-state index contributed by atoms with van der Waals surface area (Å²) < 4.78 is 29.2. The summed E-state index contributed by atoms with van der Waals surface area (Å²) in [5, 5.41) is 0. The Morgan fingerprint density at radius 3 is 2.42 bits per heavy atom. The number of rotatable bonds is 6. The van der Waals surface area contributed by atoms with E-state index in [0.717, 1.165) is 63.0 Å². The quantitative estimate of drug-likeness (QED) is 0.703. The average Bonchev–Trinajstić information content (AvgIpc) is 3.09. The molecule has 1 aliphatic carbocycles. The Kier molecular flexibility index (Phi) is 6.29. The van der Waals surface area contributed by atoms with Crippen LogP contribution >= 0.6 is 0 Å². The lowest BCUT2D eigenvalue weighted by Crippen LogP contribution is -2.44. The number of carbonyl (C=O) groups is 1. The van der Waals surface area contributed by atoms with Crippen molar-refractivity contribution in [1.29, 1.82) is 0 Å². The predicted molar refractivity (Wildman–Crippen MR) is 129 cm³/mol. The first-order chi connectivity index (χ1) is 15.9. The van der Waals surface area contributed by atoms with Crippen LogP contribution in [0.15, 0.2) is 53.4 Å². The lowest BCUT2D eigenvalue weighted by atomic mass is 9.84. The molecule has 2 aliphatic heterocycles. The average molecular weight is 468 g/mol. The van der Waals surface area contributed by atoms with Crippen LogP contribution in [0.5, 0.6) is 0 Å². The van der Waals surface area contributed by atoms with Crippen LogP contribution in [0.1, 0.15) is 50.2 Å². The summed E-state index contributed by atoms with van der Waals surface area (Å²) >= 11 is 0. The highest BCUT2D eigenvalue weighted by molar-refractivity contribution is 7.89. The number of anilines is 1. The smallest absolute Gasteiger partial charge is 0.240 e. The molecule has 1 amide bonds. The largest absolute Gasteiger partial charge is 0.309 e. The molecule has 176 valence electrons. The zero-order chi connectivity index (χ0) is 23.0. The monoisotopic (exact) mass is 467 g/mol. The maximum atomic E-state index is 13.1. The van der Waals surface area contributed by atoms with Gasteiger partial charge in [-0.15, -0.1) is 0 Å². The Morgan fingerprint density at radius 2 is 1.76 bits per heavy atom. The van der Waals surface area contributed by atoms with Gasteiger partial charge in [0.1, 0.15) is 0 Å². The second-order valence-electron chi connectivity index (χ2n) is 9.84. The maximum Gasteiger partial charge on any atom is 0.240 e. The molecule has 2 fully saturated rings.